The Morgan fingerprint density at radius 2 is 2.33 bits per heavy atom. The summed E-state index contributed by atoms with van der Waals surface area (Å²) in [6, 6.07) is 7.83. The molecule has 114 valence electrons. The number of carbonyl (C=O) groups is 1. The SMILES string of the molecule is CN(C)CCCNC(=O)[C@H]1CC(c2cccc(Br)c2)=NO1. The number of amides is 1. The molecule has 21 heavy (non-hydrogen) atoms. The van der Waals surface area contributed by atoms with E-state index in [2.05, 4.69) is 31.3 Å². The van der Waals surface area contributed by atoms with Crippen molar-refractivity contribution in [1.82, 2.24) is 10.2 Å². The Bertz CT molecular complexity index is 531. The van der Waals surface area contributed by atoms with Crippen molar-refractivity contribution in [3.8, 4) is 0 Å². The van der Waals surface area contributed by atoms with Crippen molar-refractivity contribution in [2.45, 2.75) is 18.9 Å². The lowest BCUT2D eigenvalue weighted by Crippen LogP contribution is -2.36. The van der Waals surface area contributed by atoms with Crippen molar-refractivity contribution < 1.29 is 9.63 Å². The Kier molecular flexibility index (Phi) is 5.76. The van der Waals surface area contributed by atoms with E-state index >= 15 is 0 Å². The largest absolute Gasteiger partial charge is 0.382 e. The first-order valence-corrected chi connectivity index (χ1v) is 7.76. The smallest absolute Gasteiger partial charge is 0.264 e. The lowest BCUT2D eigenvalue weighted by Gasteiger charge is -2.11. The molecule has 0 unspecified atom stereocenters. The van der Waals surface area contributed by atoms with Gasteiger partial charge in [0.15, 0.2) is 0 Å². The van der Waals surface area contributed by atoms with Gasteiger partial charge in [0.05, 0.1) is 5.71 Å². The van der Waals surface area contributed by atoms with Crippen LogP contribution in [0, 0.1) is 0 Å². The van der Waals surface area contributed by atoms with Gasteiger partial charge in [0.2, 0.25) is 6.10 Å². The van der Waals surface area contributed by atoms with Crippen LogP contribution in [0.3, 0.4) is 0 Å². The van der Waals surface area contributed by atoms with Crippen LogP contribution < -0.4 is 5.32 Å². The summed E-state index contributed by atoms with van der Waals surface area (Å²) in [6.45, 7) is 1.61. The van der Waals surface area contributed by atoms with Gasteiger partial charge < -0.3 is 15.1 Å². The number of benzene rings is 1. The standard InChI is InChI=1S/C15H20BrN3O2/c1-19(2)8-4-7-17-15(20)14-10-13(18-21-14)11-5-3-6-12(16)9-11/h3,5-6,9,14H,4,7-8,10H2,1-2H3,(H,17,20)/t14-/m1/s1. The highest BCUT2D eigenvalue weighted by Gasteiger charge is 2.28. The van der Waals surface area contributed by atoms with E-state index in [-0.39, 0.29) is 5.91 Å². The summed E-state index contributed by atoms with van der Waals surface area (Å²) in [7, 11) is 4.03. The van der Waals surface area contributed by atoms with Crippen LogP contribution in [0.25, 0.3) is 0 Å². The zero-order chi connectivity index (χ0) is 15.2. The fourth-order valence-electron chi connectivity index (χ4n) is 2.08. The minimum atomic E-state index is -0.515. The number of hydrogen-bond acceptors (Lipinski definition) is 4. The number of nitrogens with one attached hydrogen (secondary N) is 1. The predicted octanol–water partition coefficient (Wildman–Crippen LogP) is 2.01. The zero-order valence-electron chi connectivity index (χ0n) is 12.3. The second-order valence-corrected chi connectivity index (χ2v) is 6.21. The molecule has 0 bridgehead atoms. The van der Waals surface area contributed by atoms with Gasteiger partial charge in [-0.1, -0.05) is 33.2 Å². The highest BCUT2D eigenvalue weighted by molar-refractivity contribution is 9.10. The van der Waals surface area contributed by atoms with Crippen LogP contribution in [0.4, 0.5) is 0 Å². The first-order chi connectivity index (χ1) is 10.1. The second-order valence-electron chi connectivity index (χ2n) is 5.29. The molecule has 1 aliphatic heterocycles. The van der Waals surface area contributed by atoms with Crippen molar-refractivity contribution in [2.75, 3.05) is 27.2 Å². The topological polar surface area (TPSA) is 53.9 Å². The maximum Gasteiger partial charge on any atom is 0.264 e. The summed E-state index contributed by atoms with van der Waals surface area (Å²) in [6.07, 6.45) is 0.916. The number of oxime groups is 1. The number of halogens is 1. The molecule has 0 saturated heterocycles. The molecule has 1 atom stereocenters. The Morgan fingerprint density at radius 3 is 3.05 bits per heavy atom. The van der Waals surface area contributed by atoms with Gasteiger partial charge in [-0.15, -0.1) is 0 Å². The van der Waals surface area contributed by atoms with Crippen LogP contribution in [-0.2, 0) is 9.63 Å². The van der Waals surface area contributed by atoms with E-state index in [4.69, 9.17) is 4.84 Å². The van der Waals surface area contributed by atoms with Crippen LogP contribution in [0.15, 0.2) is 33.9 Å². The molecule has 5 nitrogen and oxygen atoms in total. The van der Waals surface area contributed by atoms with Crippen molar-refractivity contribution in [3.05, 3.63) is 34.3 Å². The lowest BCUT2D eigenvalue weighted by molar-refractivity contribution is -0.131. The van der Waals surface area contributed by atoms with E-state index in [1.165, 1.54) is 0 Å². The summed E-state index contributed by atoms with van der Waals surface area (Å²) < 4.78 is 0.985. The third-order valence-electron chi connectivity index (χ3n) is 3.20. The van der Waals surface area contributed by atoms with Gasteiger partial charge in [-0.25, -0.2) is 0 Å². The zero-order valence-corrected chi connectivity index (χ0v) is 13.9. The third-order valence-corrected chi connectivity index (χ3v) is 3.69. The van der Waals surface area contributed by atoms with Crippen molar-refractivity contribution in [2.24, 2.45) is 5.16 Å². The molecule has 1 N–H and O–H groups in total. The third kappa shape index (κ3) is 4.82. The van der Waals surface area contributed by atoms with E-state index in [9.17, 15) is 4.79 Å². The summed E-state index contributed by atoms with van der Waals surface area (Å²) >= 11 is 3.43. The average Bonchev–Trinajstić information content (AvgIpc) is 2.93. The first-order valence-electron chi connectivity index (χ1n) is 6.97. The summed E-state index contributed by atoms with van der Waals surface area (Å²) in [5.41, 5.74) is 1.79. The van der Waals surface area contributed by atoms with Gasteiger partial charge in [-0.05, 0) is 39.2 Å². The molecule has 0 radical (unpaired) electrons. The highest BCUT2D eigenvalue weighted by Crippen LogP contribution is 2.19. The number of carbonyl (C=O) groups excluding carboxylic acids is 1. The maximum absolute atomic E-state index is 12.0. The van der Waals surface area contributed by atoms with Crippen LogP contribution in [0.2, 0.25) is 0 Å². The Morgan fingerprint density at radius 1 is 1.52 bits per heavy atom. The van der Waals surface area contributed by atoms with Gasteiger partial charge in [-0.2, -0.15) is 0 Å². The monoisotopic (exact) mass is 353 g/mol. The Hall–Kier alpha value is -1.40. The van der Waals surface area contributed by atoms with E-state index < -0.39 is 6.10 Å². The fraction of sp³-hybridized carbons (Fsp3) is 0.467. The van der Waals surface area contributed by atoms with Crippen LogP contribution >= 0.6 is 15.9 Å². The van der Waals surface area contributed by atoms with Crippen LogP contribution in [0.1, 0.15) is 18.4 Å². The minimum absolute atomic E-state index is 0.0949. The van der Waals surface area contributed by atoms with Gasteiger partial charge >= 0.3 is 0 Å². The minimum Gasteiger partial charge on any atom is -0.382 e. The molecule has 6 heteroatoms. The van der Waals surface area contributed by atoms with Crippen LogP contribution in [0.5, 0.6) is 0 Å². The van der Waals surface area contributed by atoms with Crippen molar-refractivity contribution in [3.63, 3.8) is 0 Å². The maximum atomic E-state index is 12.0. The highest BCUT2D eigenvalue weighted by atomic mass is 79.9. The molecule has 1 aromatic rings. The van der Waals surface area contributed by atoms with Crippen molar-refractivity contribution in [1.29, 1.82) is 0 Å². The van der Waals surface area contributed by atoms with Gasteiger partial charge in [-0.3, -0.25) is 4.79 Å². The predicted molar refractivity (Wildman–Crippen MR) is 86.3 cm³/mol. The lowest BCUT2D eigenvalue weighted by atomic mass is 10.0. The van der Waals surface area contributed by atoms with Gasteiger partial charge in [0.25, 0.3) is 5.91 Å². The molecule has 1 aromatic carbocycles. The molecule has 0 aromatic heterocycles. The quantitative estimate of drug-likeness (QED) is 0.796. The van der Waals surface area contributed by atoms with E-state index in [0.717, 1.165) is 28.7 Å². The second kappa shape index (κ2) is 7.56. The summed E-state index contributed by atoms with van der Waals surface area (Å²) in [5, 5.41) is 6.92. The molecule has 2 rings (SSSR count). The van der Waals surface area contributed by atoms with E-state index in [1.807, 2.05) is 38.4 Å². The molecule has 0 saturated carbocycles. The summed E-state index contributed by atoms with van der Waals surface area (Å²) in [5.74, 6) is -0.0949. The fourth-order valence-corrected chi connectivity index (χ4v) is 2.48. The van der Waals surface area contributed by atoms with Crippen molar-refractivity contribution >= 4 is 27.5 Å². The molecule has 1 aliphatic rings. The average molecular weight is 354 g/mol. The number of hydrogen-bond donors (Lipinski definition) is 1. The molecule has 1 heterocycles. The van der Waals surface area contributed by atoms with E-state index in [1.54, 1.807) is 0 Å². The molecular formula is C15H20BrN3O2. The Balaban J connectivity index is 1.80. The first kappa shape index (κ1) is 16.0. The molecular weight excluding hydrogens is 334 g/mol. The normalized spacial score (nSPS) is 17.5. The molecule has 1 amide bonds. The number of nitrogens with zero attached hydrogens (tertiary/aromatic N) is 2. The number of rotatable bonds is 6. The molecule has 0 aliphatic carbocycles. The summed E-state index contributed by atoms with van der Waals surface area (Å²) in [4.78, 5) is 19.3. The van der Waals surface area contributed by atoms with Gasteiger partial charge in [0.1, 0.15) is 0 Å². The van der Waals surface area contributed by atoms with E-state index in [0.29, 0.717) is 13.0 Å². The van der Waals surface area contributed by atoms with Crippen LogP contribution in [-0.4, -0.2) is 49.8 Å². The van der Waals surface area contributed by atoms with Gasteiger partial charge in [0, 0.05) is 23.0 Å². The molecule has 0 fully saturated rings. The Labute approximate surface area is 133 Å². The molecule has 0 spiro atoms.